The van der Waals surface area contributed by atoms with Crippen LogP contribution in [-0.4, -0.2) is 39.8 Å². The molecule has 1 unspecified atom stereocenters. The lowest BCUT2D eigenvalue weighted by atomic mass is 10.0. The zero-order valence-corrected chi connectivity index (χ0v) is 12.6. The van der Waals surface area contributed by atoms with E-state index in [2.05, 4.69) is 0 Å². The van der Waals surface area contributed by atoms with Crippen molar-refractivity contribution in [3.05, 3.63) is 24.3 Å². The van der Waals surface area contributed by atoms with Gasteiger partial charge in [0.15, 0.2) is 0 Å². The third-order valence-electron chi connectivity index (χ3n) is 3.26. The van der Waals surface area contributed by atoms with E-state index in [0.717, 1.165) is 0 Å². The van der Waals surface area contributed by atoms with Crippen LogP contribution in [0.2, 0.25) is 0 Å². The standard InChI is InChI=1S/C13H21N3O3S/c1-13(2)9-16(8-10(7-14)19-13)11-5-3-4-6-12(11)20(15,17)18/h3-6,10H,7-9,14H2,1-2H3,(H2,15,17,18). The first-order chi connectivity index (χ1) is 9.23. The predicted molar refractivity (Wildman–Crippen MR) is 78.0 cm³/mol. The first kappa shape index (κ1) is 15.2. The van der Waals surface area contributed by atoms with Gasteiger partial charge < -0.3 is 15.4 Å². The molecule has 1 aromatic rings. The molecular formula is C13H21N3O3S. The van der Waals surface area contributed by atoms with E-state index in [4.69, 9.17) is 15.6 Å². The van der Waals surface area contributed by atoms with Gasteiger partial charge in [-0.1, -0.05) is 12.1 Å². The Kier molecular flexibility index (Phi) is 4.06. The summed E-state index contributed by atoms with van der Waals surface area (Å²) in [6.45, 7) is 5.43. The van der Waals surface area contributed by atoms with E-state index < -0.39 is 15.6 Å². The van der Waals surface area contributed by atoms with Gasteiger partial charge in [0.1, 0.15) is 4.90 Å². The molecule has 6 nitrogen and oxygen atoms in total. The highest BCUT2D eigenvalue weighted by atomic mass is 32.2. The fourth-order valence-electron chi connectivity index (χ4n) is 2.56. The molecule has 1 saturated heterocycles. The van der Waals surface area contributed by atoms with Crippen molar-refractivity contribution in [3.63, 3.8) is 0 Å². The summed E-state index contributed by atoms with van der Waals surface area (Å²) in [6, 6.07) is 6.73. The van der Waals surface area contributed by atoms with Crippen LogP contribution in [0.4, 0.5) is 5.69 Å². The van der Waals surface area contributed by atoms with Crippen LogP contribution < -0.4 is 15.8 Å². The van der Waals surface area contributed by atoms with Crippen molar-refractivity contribution in [2.24, 2.45) is 10.9 Å². The molecule has 7 heteroatoms. The first-order valence-corrected chi connectivity index (χ1v) is 8.02. The fraction of sp³-hybridized carbons (Fsp3) is 0.538. The highest BCUT2D eigenvalue weighted by Gasteiger charge is 2.34. The monoisotopic (exact) mass is 299 g/mol. The van der Waals surface area contributed by atoms with Gasteiger partial charge in [-0.15, -0.1) is 0 Å². The molecule has 20 heavy (non-hydrogen) atoms. The molecule has 0 radical (unpaired) electrons. The number of benzene rings is 1. The van der Waals surface area contributed by atoms with E-state index in [1.807, 2.05) is 18.7 Å². The molecule has 0 amide bonds. The van der Waals surface area contributed by atoms with Crippen LogP contribution in [0.1, 0.15) is 13.8 Å². The molecule has 1 heterocycles. The average Bonchev–Trinajstić information content (AvgIpc) is 2.35. The van der Waals surface area contributed by atoms with Crippen LogP contribution in [0.3, 0.4) is 0 Å². The fourth-order valence-corrected chi connectivity index (χ4v) is 3.32. The third-order valence-corrected chi connectivity index (χ3v) is 4.21. The van der Waals surface area contributed by atoms with Crippen LogP contribution in [0.25, 0.3) is 0 Å². The predicted octanol–water partition coefficient (Wildman–Crippen LogP) is 0.277. The van der Waals surface area contributed by atoms with Gasteiger partial charge in [0.25, 0.3) is 0 Å². The smallest absolute Gasteiger partial charge is 0.240 e. The molecule has 0 aromatic heterocycles. The van der Waals surface area contributed by atoms with Gasteiger partial charge in [-0.3, -0.25) is 0 Å². The normalized spacial score (nSPS) is 22.8. The Morgan fingerprint density at radius 2 is 2.05 bits per heavy atom. The van der Waals surface area contributed by atoms with Crippen LogP contribution in [-0.2, 0) is 14.8 Å². The largest absolute Gasteiger partial charge is 0.367 e. The maximum absolute atomic E-state index is 11.7. The second-order valence-electron chi connectivity index (χ2n) is 5.63. The summed E-state index contributed by atoms with van der Waals surface area (Å²) in [7, 11) is -3.76. The molecule has 0 saturated carbocycles. The molecule has 0 bridgehead atoms. The highest BCUT2D eigenvalue weighted by molar-refractivity contribution is 7.89. The number of para-hydroxylation sites is 1. The van der Waals surface area contributed by atoms with E-state index in [-0.39, 0.29) is 11.0 Å². The summed E-state index contributed by atoms with van der Waals surface area (Å²) in [5, 5.41) is 5.29. The first-order valence-electron chi connectivity index (χ1n) is 6.47. The number of anilines is 1. The van der Waals surface area contributed by atoms with Crippen molar-refractivity contribution in [1.82, 2.24) is 0 Å². The minimum atomic E-state index is -3.76. The number of ether oxygens (including phenoxy) is 1. The Balaban J connectivity index is 2.41. The molecule has 1 aromatic carbocycles. The number of nitrogens with zero attached hydrogens (tertiary/aromatic N) is 1. The van der Waals surface area contributed by atoms with E-state index in [0.29, 0.717) is 25.3 Å². The molecule has 0 aliphatic carbocycles. The molecule has 1 aliphatic rings. The summed E-state index contributed by atoms with van der Waals surface area (Å²) in [6.07, 6.45) is -0.132. The zero-order chi connectivity index (χ0) is 15.0. The lowest BCUT2D eigenvalue weighted by molar-refractivity contribution is -0.0789. The number of hydrogen-bond acceptors (Lipinski definition) is 5. The third kappa shape index (κ3) is 3.29. The number of hydrogen-bond donors (Lipinski definition) is 2. The summed E-state index contributed by atoms with van der Waals surface area (Å²) in [5.41, 5.74) is 5.90. The SMILES string of the molecule is CC1(C)CN(c2ccccc2S(N)(=O)=O)CC(CN)O1. The zero-order valence-electron chi connectivity index (χ0n) is 11.7. The van der Waals surface area contributed by atoms with Gasteiger partial charge in [-0.05, 0) is 26.0 Å². The van der Waals surface area contributed by atoms with Crippen molar-refractivity contribution in [2.45, 2.75) is 30.4 Å². The van der Waals surface area contributed by atoms with Crippen molar-refractivity contribution in [2.75, 3.05) is 24.5 Å². The Morgan fingerprint density at radius 1 is 1.40 bits per heavy atom. The van der Waals surface area contributed by atoms with Crippen molar-refractivity contribution >= 4 is 15.7 Å². The second-order valence-corrected chi connectivity index (χ2v) is 7.16. The molecule has 0 spiro atoms. The lowest BCUT2D eigenvalue weighted by Gasteiger charge is -2.44. The topological polar surface area (TPSA) is 98.7 Å². The highest BCUT2D eigenvalue weighted by Crippen LogP contribution is 2.30. The Bertz CT molecular complexity index is 586. The van der Waals surface area contributed by atoms with E-state index in [9.17, 15) is 8.42 Å². The van der Waals surface area contributed by atoms with Crippen molar-refractivity contribution < 1.29 is 13.2 Å². The number of nitrogens with two attached hydrogens (primary N) is 2. The number of primary sulfonamides is 1. The molecule has 4 N–H and O–H groups in total. The summed E-state index contributed by atoms with van der Waals surface area (Å²) in [5.74, 6) is 0. The van der Waals surface area contributed by atoms with Gasteiger partial charge in [0.2, 0.25) is 10.0 Å². The maximum atomic E-state index is 11.7. The summed E-state index contributed by atoms with van der Waals surface area (Å²) < 4.78 is 29.3. The van der Waals surface area contributed by atoms with Gasteiger partial charge in [-0.25, -0.2) is 13.6 Å². The summed E-state index contributed by atoms with van der Waals surface area (Å²) in [4.78, 5) is 2.11. The van der Waals surface area contributed by atoms with Crippen LogP contribution in [0, 0.1) is 0 Å². The molecule has 1 aliphatic heterocycles. The van der Waals surface area contributed by atoms with Crippen molar-refractivity contribution in [3.8, 4) is 0 Å². The van der Waals surface area contributed by atoms with Gasteiger partial charge >= 0.3 is 0 Å². The maximum Gasteiger partial charge on any atom is 0.240 e. The van der Waals surface area contributed by atoms with E-state index >= 15 is 0 Å². The van der Waals surface area contributed by atoms with Crippen LogP contribution in [0.5, 0.6) is 0 Å². The molecule has 1 atom stereocenters. The van der Waals surface area contributed by atoms with Gasteiger partial charge in [0, 0.05) is 19.6 Å². The van der Waals surface area contributed by atoms with E-state index in [1.54, 1.807) is 18.2 Å². The van der Waals surface area contributed by atoms with Crippen molar-refractivity contribution in [1.29, 1.82) is 0 Å². The molecular weight excluding hydrogens is 278 g/mol. The average molecular weight is 299 g/mol. The quantitative estimate of drug-likeness (QED) is 0.835. The van der Waals surface area contributed by atoms with Crippen LogP contribution in [0.15, 0.2) is 29.2 Å². The Hall–Kier alpha value is -1.15. The number of rotatable bonds is 3. The lowest BCUT2D eigenvalue weighted by Crippen LogP contribution is -2.55. The van der Waals surface area contributed by atoms with Gasteiger partial charge in [0.05, 0.1) is 17.4 Å². The summed E-state index contributed by atoms with van der Waals surface area (Å²) >= 11 is 0. The molecule has 1 fully saturated rings. The minimum Gasteiger partial charge on any atom is -0.367 e. The Labute approximate surface area is 119 Å². The molecule has 2 rings (SSSR count). The number of morpholine rings is 1. The van der Waals surface area contributed by atoms with E-state index in [1.165, 1.54) is 6.07 Å². The molecule has 112 valence electrons. The minimum absolute atomic E-state index is 0.132. The van der Waals surface area contributed by atoms with Gasteiger partial charge in [-0.2, -0.15) is 0 Å². The number of sulfonamides is 1. The van der Waals surface area contributed by atoms with Crippen LogP contribution >= 0.6 is 0 Å². The second kappa shape index (κ2) is 5.33. The Morgan fingerprint density at radius 3 is 2.65 bits per heavy atom.